The number of amides is 1. The molecule has 14 heteroatoms. The second kappa shape index (κ2) is 7.71. The van der Waals surface area contributed by atoms with E-state index in [0.29, 0.717) is 11.3 Å². The molecule has 3 aromatic heterocycles. The van der Waals surface area contributed by atoms with Gasteiger partial charge < -0.3 is 4.90 Å². The van der Waals surface area contributed by atoms with E-state index < -0.39 is 32.9 Å². The molecule has 1 fully saturated rings. The van der Waals surface area contributed by atoms with Gasteiger partial charge in [-0.1, -0.05) is 6.07 Å². The highest BCUT2D eigenvalue weighted by Gasteiger charge is 2.64. The Balaban J connectivity index is 1.83. The predicted molar refractivity (Wildman–Crippen MR) is 128 cm³/mol. The first-order chi connectivity index (χ1) is 15.3. The van der Waals surface area contributed by atoms with Crippen molar-refractivity contribution in [3.63, 3.8) is 0 Å². The van der Waals surface area contributed by atoms with Gasteiger partial charge in [-0.25, -0.2) is 4.98 Å². The Kier molecular flexibility index (Phi) is 5.49. The summed E-state index contributed by atoms with van der Waals surface area (Å²) < 4.78 is 13.3. The van der Waals surface area contributed by atoms with Crippen LogP contribution in [-0.4, -0.2) is 86.3 Å². The highest BCUT2D eigenvalue weighted by Crippen LogP contribution is 2.67. The van der Waals surface area contributed by atoms with Gasteiger partial charge in [0.25, 0.3) is 0 Å². The molecule has 1 aliphatic rings. The van der Waals surface area contributed by atoms with Crippen molar-refractivity contribution in [2.75, 3.05) is 4.90 Å². The topological polar surface area (TPSA) is 74.8 Å². The summed E-state index contributed by atoms with van der Waals surface area (Å²) in [6, 6.07) is 7.44. The van der Waals surface area contributed by atoms with Gasteiger partial charge in [0.2, 0.25) is 11.9 Å². The van der Waals surface area contributed by atoms with Crippen LogP contribution in [0.25, 0.3) is 11.3 Å². The van der Waals surface area contributed by atoms with E-state index in [0.717, 1.165) is 16.5 Å². The molecule has 4 heterocycles. The number of carbonyl (C=O) groups is 1. The van der Waals surface area contributed by atoms with E-state index in [9.17, 15) is 9.18 Å². The van der Waals surface area contributed by atoms with Gasteiger partial charge in [-0.2, -0.15) is 9.49 Å². The molecule has 3 aromatic rings. The SMILES string of the molecule is [B]C1(Cc2ccc(F)nc2)C(=O)N(c2cc(-c3ccncc3)[nH]n2)C([B])([B])C([B])([B])C1([B])[B]. The normalized spacial score (nSPS) is 23.3. The minimum Gasteiger partial charge on any atom is -0.308 e. The lowest BCUT2D eigenvalue weighted by Crippen LogP contribution is -2.74. The molecule has 0 spiro atoms. The molecular weight excluding hydrogens is 409 g/mol. The summed E-state index contributed by atoms with van der Waals surface area (Å²) in [5.74, 6) is -1.62. The average Bonchev–Trinajstić information content (AvgIpc) is 3.24. The molecule has 1 atom stereocenters. The van der Waals surface area contributed by atoms with Crippen LogP contribution >= 0.6 is 0 Å². The van der Waals surface area contributed by atoms with Crippen molar-refractivity contribution < 1.29 is 9.18 Å². The van der Waals surface area contributed by atoms with E-state index in [4.69, 9.17) is 54.9 Å². The third-order valence-corrected chi connectivity index (χ3v) is 6.10. The molecule has 1 saturated heterocycles. The molecule has 0 aromatic carbocycles. The van der Waals surface area contributed by atoms with Crippen LogP contribution in [0.3, 0.4) is 0 Å². The maximum Gasteiger partial charge on any atom is 0.223 e. The molecule has 0 saturated carbocycles. The summed E-state index contributed by atoms with van der Waals surface area (Å²) in [6.07, 6.45) is 4.06. The summed E-state index contributed by atoms with van der Waals surface area (Å²) in [7, 11) is 44.2. The fourth-order valence-corrected chi connectivity index (χ4v) is 3.88. The molecule has 14 radical (unpaired) electrons. The van der Waals surface area contributed by atoms with Gasteiger partial charge in [0.15, 0.2) is 5.82 Å². The number of nitrogens with one attached hydrogen (secondary N) is 1. The lowest BCUT2D eigenvalue weighted by molar-refractivity contribution is -0.124. The Morgan fingerprint density at radius 3 is 2.24 bits per heavy atom. The van der Waals surface area contributed by atoms with Gasteiger partial charge in [-0.15, -0.1) is 10.4 Å². The van der Waals surface area contributed by atoms with Crippen LogP contribution in [0.1, 0.15) is 5.56 Å². The molecule has 33 heavy (non-hydrogen) atoms. The van der Waals surface area contributed by atoms with Crippen molar-refractivity contribution in [2.45, 2.75) is 27.5 Å². The number of rotatable bonds is 4. The highest BCUT2D eigenvalue weighted by atomic mass is 19.1. The van der Waals surface area contributed by atoms with Crippen molar-refractivity contribution >= 4 is 66.6 Å². The van der Waals surface area contributed by atoms with Crippen LogP contribution in [0, 0.1) is 5.95 Å². The average molecular weight is 420 g/mol. The zero-order valence-electron chi connectivity index (χ0n) is 17.4. The van der Waals surface area contributed by atoms with Crippen molar-refractivity contribution in [1.82, 2.24) is 20.2 Å². The number of pyridine rings is 2. The van der Waals surface area contributed by atoms with Gasteiger partial charge in [0, 0.05) is 35.5 Å². The molecular formula is C19H11B7FN5O. The van der Waals surface area contributed by atoms with Crippen molar-refractivity contribution in [2.24, 2.45) is 0 Å². The van der Waals surface area contributed by atoms with E-state index in [1.165, 1.54) is 18.3 Å². The summed E-state index contributed by atoms with van der Waals surface area (Å²) in [5.41, 5.74) is 1.60. The first-order valence-electron chi connectivity index (χ1n) is 9.76. The number of nitrogens with zero attached hydrogens (tertiary/aromatic N) is 4. The Labute approximate surface area is 200 Å². The van der Waals surface area contributed by atoms with E-state index in [-0.39, 0.29) is 12.2 Å². The zero-order chi connectivity index (χ0) is 24.2. The van der Waals surface area contributed by atoms with Crippen LogP contribution < -0.4 is 4.90 Å². The Bertz CT molecular complexity index is 1190. The van der Waals surface area contributed by atoms with E-state index in [2.05, 4.69) is 20.2 Å². The Morgan fingerprint density at radius 1 is 0.970 bits per heavy atom. The molecule has 0 bridgehead atoms. The largest absolute Gasteiger partial charge is 0.308 e. The summed E-state index contributed by atoms with van der Waals surface area (Å²) in [5, 5.41) is -2.12. The number of hydrogen-bond donors (Lipinski definition) is 1. The number of H-pyrrole nitrogens is 1. The highest BCUT2D eigenvalue weighted by molar-refractivity contribution is 6.67. The molecule has 1 amide bonds. The minimum absolute atomic E-state index is 0.0142. The van der Waals surface area contributed by atoms with E-state index in [1.54, 1.807) is 24.5 Å². The van der Waals surface area contributed by atoms with Crippen molar-refractivity contribution in [1.29, 1.82) is 0 Å². The fourth-order valence-electron chi connectivity index (χ4n) is 3.88. The predicted octanol–water partition coefficient (Wildman–Crippen LogP) is -0.181. The molecule has 6 nitrogen and oxygen atoms in total. The van der Waals surface area contributed by atoms with Gasteiger partial charge in [-0.05, 0) is 35.5 Å². The van der Waals surface area contributed by atoms with Crippen LogP contribution in [0.15, 0.2) is 48.9 Å². The summed E-state index contributed by atoms with van der Waals surface area (Å²) in [6.45, 7) is 0. The Hall–Kier alpha value is -2.64. The lowest BCUT2D eigenvalue weighted by Gasteiger charge is -2.70. The third-order valence-electron chi connectivity index (χ3n) is 6.10. The number of aromatic amines is 1. The second-order valence-electron chi connectivity index (χ2n) is 8.22. The number of hydrogen-bond acceptors (Lipinski definition) is 4. The second-order valence-corrected chi connectivity index (χ2v) is 8.22. The molecule has 4 rings (SSSR count). The maximum atomic E-state index is 13.8. The van der Waals surface area contributed by atoms with Crippen LogP contribution in [0.2, 0.25) is 15.7 Å². The quantitative estimate of drug-likeness (QED) is 0.470. The zero-order valence-corrected chi connectivity index (χ0v) is 17.4. The number of aromatic nitrogens is 4. The molecule has 1 aliphatic heterocycles. The molecule has 1 N–H and O–H groups in total. The smallest absolute Gasteiger partial charge is 0.223 e. The Morgan fingerprint density at radius 2 is 1.64 bits per heavy atom. The summed E-state index contributed by atoms with van der Waals surface area (Å²) in [4.78, 5) is 22.2. The number of halogens is 1. The van der Waals surface area contributed by atoms with E-state index in [1.807, 2.05) is 0 Å². The number of anilines is 1. The standard InChI is InChI=1S/C19H11B7FN5O/c20-16(8-10-1-2-13(27)29-9-10)15(33)32(19(25,26)18(23,24)17(16,21)22)14-7-12(30-31-14)11-3-5-28-6-4-11/h1-7,9H,8H2,(H,30,31). The van der Waals surface area contributed by atoms with Crippen LogP contribution in [0.5, 0.6) is 0 Å². The molecule has 1 unspecified atom stereocenters. The van der Waals surface area contributed by atoms with Crippen molar-refractivity contribution in [3.05, 3.63) is 60.4 Å². The first kappa shape index (κ1) is 23.5. The number of piperidine rings is 1. The molecule has 0 aliphatic carbocycles. The minimum atomic E-state index is -2.31. The fraction of sp³-hybridized carbons (Fsp3) is 0.263. The van der Waals surface area contributed by atoms with Crippen LogP contribution in [-0.2, 0) is 11.2 Å². The van der Waals surface area contributed by atoms with Gasteiger partial charge in [-0.3, -0.25) is 14.9 Å². The van der Waals surface area contributed by atoms with Crippen molar-refractivity contribution in [3.8, 4) is 11.3 Å². The monoisotopic (exact) mass is 421 g/mol. The first-order valence-corrected chi connectivity index (χ1v) is 9.76. The maximum absolute atomic E-state index is 13.8. The molecule has 146 valence electrons. The van der Waals surface area contributed by atoms with Gasteiger partial charge >= 0.3 is 0 Å². The summed E-state index contributed by atoms with van der Waals surface area (Å²) >= 11 is 0. The van der Waals surface area contributed by atoms with Gasteiger partial charge in [0.1, 0.15) is 0 Å². The third kappa shape index (κ3) is 3.40. The van der Waals surface area contributed by atoms with E-state index >= 15 is 0 Å². The van der Waals surface area contributed by atoms with Gasteiger partial charge in [0.05, 0.1) is 60.6 Å². The van der Waals surface area contributed by atoms with Crippen LogP contribution in [0.4, 0.5) is 10.2 Å². The lowest BCUT2D eigenvalue weighted by atomic mass is 9.12. The number of carbonyl (C=O) groups excluding carboxylic acids is 1.